The van der Waals surface area contributed by atoms with E-state index in [0.717, 1.165) is 6.42 Å². The Kier molecular flexibility index (Phi) is 3.66. The number of hydrogen-bond donors (Lipinski definition) is 0. The van der Waals surface area contributed by atoms with E-state index in [0.29, 0.717) is 12.8 Å². The van der Waals surface area contributed by atoms with E-state index in [1.807, 2.05) is 26.8 Å². The number of hydrogen-bond acceptors (Lipinski definition) is 3. The van der Waals surface area contributed by atoms with Crippen molar-refractivity contribution in [1.82, 2.24) is 0 Å². The SMILES string of the molecule is CCCC(=O)OC1CC(C)(C)C=CC1=O. The van der Waals surface area contributed by atoms with Gasteiger partial charge in [0.25, 0.3) is 0 Å². The van der Waals surface area contributed by atoms with E-state index < -0.39 is 6.10 Å². The molecule has 0 spiro atoms. The molecule has 0 saturated carbocycles. The zero-order chi connectivity index (χ0) is 11.5. The molecule has 1 aliphatic rings. The lowest BCUT2D eigenvalue weighted by Gasteiger charge is -2.29. The predicted molar refractivity (Wildman–Crippen MR) is 57.3 cm³/mol. The zero-order valence-electron chi connectivity index (χ0n) is 9.58. The van der Waals surface area contributed by atoms with Gasteiger partial charge in [-0.15, -0.1) is 0 Å². The van der Waals surface area contributed by atoms with Crippen LogP contribution in [-0.2, 0) is 14.3 Å². The minimum Gasteiger partial charge on any atom is -0.454 e. The Labute approximate surface area is 90.5 Å². The monoisotopic (exact) mass is 210 g/mol. The van der Waals surface area contributed by atoms with Crippen LogP contribution >= 0.6 is 0 Å². The second-order valence-corrected chi connectivity index (χ2v) is 4.66. The molecule has 3 nitrogen and oxygen atoms in total. The highest BCUT2D eigenvalue weighted by molar-refractivity contribution is 5.95. The molecule has 15 heavy (non-hydrogen) atoms. The van der Waals surface area contributed by atoms with E-state index in [9.17, 15) is 9.59 Å². The molecular weight excluding hydrogens is 192 g/mol. The number of ether oxygens (including phenoxy) is 1. The second-order valence-electron chi connectivity index (χ2n) is 4.66. The van der Waals surface area contributed by atoms with Crippen LogP contribution in [0.2, 0.25) is 0 Å². The molecule has 0 radical (unpaired) electrons. The smallest absolute Gasteiger partial charge is 0.306 e. The van der Waals surface area contributed by atoms with Crippen LogP contribution in [0.5, 0.6) is 0 Å². The molecule has 0 aromatic rings. The van der Waals surface area contributed by atoms with Crippen molar-refractivity contribution in [3.05, 3.63) is 12.2 Å². The van der Waals surface area contributed by atoms with E-state index in [1.54, 1.807) is 0 Å². The summed E-state index contributed by atoms with van der Waals surface area (Å²) < 4.78 is 5.14. The Morgan fingerprint density at radius 2 is 2.27 bits per heavy atom. The Hall–Kier alpha value is -1.12. The van der Waals surface area contributed by atoms with E-state index in [4.69, 9.17) is 4.74 Å². The third-order valence-electron chi connectivity index (χ3n) is 2.46. The van der Waals surface area contributed by atoms with Crippen LogP contribution in [0.4, 0.5) is 0 Å². The summed E-state index contributed by atoms with van der Waals surface area (Å²) in [5.74, 6) is -0.374. The maximum atomic E-state index is 11.5. The average molecular weight is 210 g/mol. The van der Waals surface area contributed by atoms with Crippen LogP contribution < -0.4 is 0 Å². The highest BCUT2D eigenvalue weighted by Crippen LogP contribution is 2.29. The van der Waals surface area contributed by atoms with E-state index in [-0.39, 0.29) is 17.2 Å². The van der Waals surface area contributed by atoms with Crippen molar-refractivity contribution in [2.45, 2.75) is 46.1 Å². The summed E-state index contributed by atoms with van der Waals surface area (Å²) in [5.41, 5.74) is -0.0644. The molecule has 3 heteroatoms. The summed E-state index contributed by atoms with van der Waals surface area (Å²) in [4.78, 5) is 22.7. The van der Waals surface area contributed by atoms with Crippen LogP contribution in [-0.4, -0.2) is 17.9 Å². The molecule has 0 aromatic carbocycles. The van der Waals surface area contributed by atoms with Crippen LogP contribution in [0.15, 0.2) is 12.2 Å². The van der Waals surface area contributed by atoms with Gasteiger partial charge in [-0.3, -0.25) is 9.59 Å². The molecule has 1 rings (SSSR count). The van der Waals surface area contributed by atoms with E-state index in [1.165, 1.54) is 6.08 Å². The van der Waals surface area contributed by atoms with Gasteiger partial charge < -0.3 is 4.74 Å². The summed E-state index contributed by atoms with van der Waals surface area (Å²) in [7, 11) is 0. The fraction of sp³-hybridized carbons (Fsp3) is 0.667. The normalized spacial score (nSPS) is 23.9. The van der Waals surface area contributed by atoms with Gasteiger partial charge in [-0.2, -0.15) is 0 Å². The third-order valence-corrected chi connectivity index (χ3v) is 2.46. The molecular formula is C12H18O3. The molecule has 1 unspecified atom stereocenters. The number of ketones is 1. The minimum absolute atomic E-state index is 0.0644. The second kappa shape index (κ2) is 4.60. The van der Waals surface area contributed by atoms with Crippen molar-refractivity contribution in [2.75, 3.05) is 0 Å². The topological polar surface area (TPSA) is 43.4 Å². The molecule has 1 atom stereocenters. The van der Waals surface area contributed by atoms with Gasteiger partial charge in [0, 0.05) is 12.8 Å². The maximum Gasteiger partial charge on any atom is 0.306 e. The van der Waals surface area contributed by atoms with Crippen molar-refractivity contribution in [1.29, 1.82) is 0 Å². The first-order valence-corrected chi connectivity index (χ1v) is 5.37. The molecule has 0 heterocycles. The van der Waals surface area contributed by atoms with Crippen molar-refractivity contribution < 1.29 is 14.3 Å². The number of esters is 1. The van der Waals surface area contributed by atoms with Gasteiger partial charge in [-0.05, 0) is 17.9 Å². The molecule has 0 amide bonds. The van der Waals surface area contributed by atoms with Crippen molar-refractivity contribution in [3.8, 4) is 0 Å². The summed E-state index contributed by atoms with van der Waals surface area (Å²) >= 11 is 0. The fourth-order valence-electron chi connectivity index (χ4n) is 1.58. The Morgan fingerprint density at radius 1 is 1.60 bits per heavy atom. The number of rotatable bonds is 3. The van der Waals surface area contributed by atoms with Crippen LogP contribution in [0.1, 0.15) is 40.0 Å². The number of carbonyl (C=O) groups is 2. The van der Waals surface area contributed by atoms with Crippen LogP contribution in [0, 0.1) is 5.41 Å². The molecule has 0 saturated heterocycles. The highest BCUT2D eigenvalue weighted by atomic mass is 16.5. The zero-order valence-corrected chi connectivity index (χ0v) is 9.58. The van der Waals surface area contributed by atoms with Gasteiger partial charge >= 0.3 is 5.97 Å². The van der Waals surface area contributed by atoms with E-state index >= 15 is 0 Å². The third kappa shape index (κ3) is 3.50. The van der Waals surface area contributed by atoms with Gasteiger partial charge in [0.05, 0.1) is 0 Å². The highest BCUT2D eigenvalue weighted by Gasteiger charge is 2.31. The van der Waals surface area contributed by atoms with E-state index in [2.05, 4.69) is 0 Å². The van der Waals surface area contributed by atoms with Crippen molar-refractivity contribution in [2.24, 2.45) is 5.41 Å². The Bertz CT molecular complexity index is 289. The molecule has 1 aliphatic carbocycles. The largest absolute Gasteiger partial charge is 0.454 e. The minimum atomic E-state index is -0.580. The number of carbonyl (C=O) groups excluding carboxylic acids is 2. The molecule has 0 bridgehead atoms. The van der Waals surface area contributed by atoms with Gasteiger partial charge in [-0.25, -0.2) is 0 Å². The maximum absolute atomic E-state index is 11.5. The standard InChI is InChI=1S/C12H18O3/c1-4-5-11(14)15-10-8-12(2,3)7-6-9(10)13/h6-7,10H,4-5,8H2,1-3H3. The summed E-state index contributed by atoms with van der Waals surface area (Å²) in [6.45, 7) is 5.96. The quantitative estimate of drug-likeness (QED) is 0.671. The Balaban J connectivity index is 2.59. The van der Waals surface area contributed by atoms with Crippen LogP contribution in [0.25, 0.3) is 0 Å². The summed E-state index contributed by atoms with van der Waals surface area (Å²) in [5, 5.41) is 0. The Morgan fingerprint density at radius 3 is 2.87 bits per heavy atom. The predicted octanol–water partition coefficient (Wildman–Crippen LogP) is 2.25. The number of allylic oxidation sites excluding steroid dienone is 1. The van der Waals surface area contributed by atoms with Gasteiger partial charge in [0.15, 0.2) is 11.9 Å². The first kappa shape index (κ1) is 12.0. The first-order valence-electron chi connectivity index (χ1n) is 5.37. The molecule has 84 valence electrons. The van der Waals surface area contributed by atoms with Gasteiger partial charge in [0.2, 0.25) is 0 Å². The molecule has 0 N–H and O–H groups in total. The van der Waals surface area contributed by atoms with Gasteiger partial charge in [-0.1, -0.05) is 26.8 Å². The lowest BCUT2D eigenvalue weighted by Crippen LogP contribution is -2.34. The molecule has 0 fully saturated rings. The van der Waals surface area contributed by atoms with Crippen molar-refractivity contribution in [3.63, 3.8) is 0 Å². The van der Waals surface area contributed by atoms with Crippen LogP contribution in [0.3, 0.4) is 0 Å². The van der Waals surface area contributed by atoms with Crippen molar-refractivity contribution >= 4 is 11.8 Å². The lowest BCUT2D eigenvalue weighted by molar-refractivity contribution is -0.155. The first-order chi connectivity index (χ1) is 6.94. The molecule has 0 aromatic heterocycles. The lowest BCUT2D eigenvalue weighted by atomic mass is 9.81. The summed E-state index contributed by atoms with van der Waals surface area (Å²) in [6, 6.07) is 0. The van der Waals surface area contributed by atoms with Gasteiger partial charge in [0.1, 0.15) is 0 Å². The summed E-state index contributed by atoms with van der Waals surface area (Å²) in [6.07, 6.45) is 4.53. The fourth-order valence-corrected chi connectivity index (χ4v) is 1.58. The average Bonchev–Trinajstić information content (AvgIpc) is 2.11. The molecule has 0 aliphatic heterocycles.